The van der Waals surface area contributed by atoms with Crippen LogP contribution in [0.4, 0.5) is 0 Å². The van der Waals surface area contributed by atoms with Crippen molar-refractivity contribution in [2.45, 2.75) is 25.3 Å². The van der Waals surface area contributed by atoms with Crippen LogP contribution < -0.4 is 0 Å². The first-order valence-corrected chi connectivity index (χ1v) is 9.28. The number of carbonyl (C=O) groups is 1. The van der Waals surface area contributed by atoms with Crippen molar-refractivity contribution in [3.05, 3.63) is 50.1 Å². The van der Waals surface area contributed by atoms with Crippen molar-refractivity contribution in [1.82, 2.24) is 4.90 Å². The molecule has 21 heavy (non-hydrogen) atoms. The molecule has 0 aliphatic carbocycles. The summed E-state index contributed by atoms with van der Waals surface area (Å²) < 4.78 is 1.08. The molecule has 2 rings (SSSR count). The van der Waals surface area contributed by atoms with Gasteiger partial charge in [0.2, 0.25) is 5.91 Å². The molecule has 1 aromatic carbocycles. The first-order valence-electron chi connectivity index (χ1n) is 6.62. The van der Waals surface area contributed by atoms with Crippen LogP contribution in [0.3, 0.4) is 0 Å². The Labute approximate surface area is 142 Å². The van der Waals surface area contributed by atoms with E-state index in [1.807, 2.05) is 12.4 Å². The molecule has 112 valence electrons. The van der Waals surface area contributed by atoms with E-state index in [-0.39, 0.29) is 5.91 Å². The van der Waals surface area contributed by atoms with E-state index < -0.39 is 0 Å². The molecule has 1 heterocycles. The zero-order chi connectivity index (χ0) is 15.4. The van der Waals surface area contributed by atoms with Gasteiger partial charge >= 0.3 is 0 Å². The van der Waals surface area contributed by atoms with Gasteiger partial charge in [-0.05, 0) is 47.5 Å². The van der Waals surface area contributed by atoms with Gasteiger partial charge in [-0.3, -0.25) is 4.79 Å². The summed E-state index contributed by atoms with van der Waals surface area (Å²) in [4.78, 5) is 16.4. The Morgan fingerprint density at radius 1 is 1.33 bits per heavy atom. The van der Waals surface area contributed by atoms with E-state index in [0.29, 0.717) is 12.3 Å². The molecule has 0 fully saturated rings. The summed E-state index contributed by atoms with van der Waals surface area (Å²) in [5.74, 6) is 0.637. The Hall–Kier alpha value is -0.780. The van der Waals surface area contributed by atoms with Crippen LogP contribution in [0.1, 0.15) is 16.0 Å². The molecule has 0 bridgehead atoms. The van der Waals surface area contributed by atoms with E-state index in [1.54, 1.807) is 28.0 Å². The van der Waals surface area contributed by atoms with Crippen LogP contribution >= 0.6 is 39.0 Å². The van der Waals surface area contributed by atoms with E-state index in [4.69, 9.17) is 0 Å². The van der Waals surface area contributed by atoms with Crippen LogP contribution in [0.25, 0.3) is 0 Å². The topological polar surface area (TPSA) is 20.3 Å². The molecule has 0 N–H and O–H groups in total. The Morgan fingerprint density at radius 3 is 2.76 bits per heavy atom. The highest BCUT2D eigenvalue weighted by atomic mass is 79.9. The van der Waals surface area contributed by atoms with Crippen molar-refractivity contribution in [1.29, 1.82) is 0 Å². The van der Waals surface area contributed by atoms with Gasteiger partial charge in [0, 0.05) is 26.7 Å². The molecule has 0 atom stereocenters. The van der Waals surface area contributed by atoms with Crippen LogP contribution in [0.15, 0.2) is 39.0 Å². The predicted molar refractivity (Wildman–Crippen MR) is 95.1 cm³/mol. The highest BCUT2D eigenvalue weighted by Gasteiger charge is 2.12. The van der Waals surface area contributed by atoms with Gasteiger partial charge in [0.05, 0.1) is 12.3 Å². The maximum Gasteiger partial charge on any atom is 0.233 e. The Bertz CT molecular complexity index is 639. The van der Waals surface area contributed by atoms with Gasteiger partial charge in [-0.2, -0.15) is 0 Å². The number of thioether (sulfide) groups is 1. The van der Waals surface area contributed by atoms with Gasteiger partial charge in [0.1, 0.15) is 0 Å². The number of benzene rings is 1. The van der Waals surface area contributed by atoms with Crippen molar-refractivity contribution in [3.63, 3.8) is 0 Å². The average Bonchev–Trinajstić information content (AvgIpc) is 2.84. The number of aryl methyl sites for hydroxylation is 2. The lowest BCUT2D eigenvalue weighted by atomic mass is 10.2. The molecule has 0 saturated heterocycles. The Morgan fingerprint density at radius 2 is 2.10 bits per heavy atom. The molecule has 0 saturated carbocycles. The molecular formula is C16H18BrNOS2. The third-order valence-electron chi connectivity index (χ3n) is 3.14. The molecule has 0 spiro atoms. The first kappa shape index (κ1) is 16.6. The quantitative estimate of drug-likeness (QED) is 0.685. The summed E-state index contributed by atoms with van der Waals surface area (Å²) in [6, 6.07) is 8.41. The number of thiophene rings is 1. The fraction of sp³-hybridized carbons (Fsp3) is 0.312. The monoisotopic (exact) mass is 383 g/mol. The second-order valence-electron chi connectivity index (χ2n) is 5.04. The minimum atomic E-state index is 0.158. The highest BCUT2D eigenvalue weighted by Crippen LogP contribution is 2.25. The third-order valence-corrected chi connectivity index (χ3v) is 5.96. The standard InChI is InChI=1S/C16H18BrNOS2/c1-11-4-5-12(2)15(6-11)21-10-16(19)18(3)8-14-7-13(17)9-20-14/h4-7,9H,8,10H2,1-3H3. The smallest absolute Gasteiger partial charge is 0.233 e. The zero-order valence-corrected chi connectivity index (χ0v) is 15.6. The Kier molecular flexibility index (Phi) is 5.90. The van der Waals surface area contributed by atoms with Gasteiger partial charge in [-0.25, -0.2) is 0 Å². The lowest BCUT2D eigenvalue weighted by Crippen LogP contribution is -2.27. The molecule has 0 unspecified atom stereocenters. The number of nitrogens with zero attached hydrogens (tertiary/aromatic N) is 1. The molecule has 1 aromatic heterocycles. The maximum absolute atomic E-state index is 12.2. The molecule has 5 heteroatoms. The second kappa shape index (κ2) is 7.47. The fourth-order valence-electron chi connectivity index (χ4n) is 1.87. The lowest BCUT2D eigenvalue weighted by molar-refractivity contribution is -0.127. The summed E-state index contributed by atoms with van der Waals surface area (Å²) in [6.45, 7) is 4.83. The minimum absolute atomic E-state index is 0.158. The van der Waals surface area contributed by atoms with Gasteiger partial charge in [-0.15, -0.1) is 23.1 Å². The molecule has 2 aromatic rings. The fourth-order valence-corrected chi connectivity index (χ4v) is 4.44. The van der Waals surface area contributed by atoms with Crippen molar-refractivity contribution >= 4 is 44.9 Å². The van der Waals surface area contributed by atoms with Crippen molar-refractivity contribution in [2.24, 2.45) is 0 Å². The van der Waals surface area contributed by atoms with Crippen LogP contribution in [-0.4, -0.2) is 23.6 Å². The molecule has 0 radical (unpaired) electrons. The van der Waals surface area contributed by atoms with Crippen molar-refractivity contribution < 1.29 is 4.79 Å². The minimum Gasteiger partial charge on any atom is -0.340 e. The van der Waals surface area contributed by atoms with Gasteiger partial charge in [0.15, 0.2) is 0 Å². The molecule has 1 amide bonds. The predicted octanol–water partition coefficient (Wildman–Crippen LogP) is 4.88. The summed E-state index contributed by atoms with van der Waals surface area (Å²) in [7, 11) is 1.86. The normalized spacial score (nSPS) is 10.7. The number of rotatable bonds is 5. The molecule has 0 aliphatic rings. The first-order chi connectivity index (χ1) is 9.95. The number of carbonyl (C=O) groups excluding carboxylic acids is 1. The summed E-state index contributed by atoms with van der Waals surface area (Å²) in [5, 5.41) is 2.04. The SMILES string of the molecule is Cc1ccc(C)c(SCC(=O)N(C)Cc2cc(Br)cs2)c1. The molecule has 2 nitrogen and oxygen atoms in total. The van der Waals surface area contributed by atoms with E-state index >= 15 is 0 Å². The maximum atomic E-state index is 12.2. The number of hydrogen-bond donors (Lipinski definition) is 0. The van der Waals surface area contributed by atoms with Crippen molar-refractivity contribution in [2.75, 3.05) is 12.8 Å². The summed E-state index contributed by atoms with van der Waals surface area (Å²) in [5.41, 5.74) is 2.45. The van der Waals surface area contributed by atoms with Gasteiger partial charge in [0.25, 0.3) is 0 Å². The van der Waals surface area contributed by atoms with E-state index in [0.717, 1.165) is 4.47 Å². The average molecular weight is 384 g/mol. The van der Waals surface area contributed by atoms with Crippen molar-refractivity contribution in [3.8, 4) is 0 Å². The highest BCUT2D eigenvalue weighted by molar-refractivity contribution is 9.10. The van der Waals surface area contributed by atoms with Gasteiger partial charge < -0.3 is 4.90 Å². The van der Waals surface area contributed by atoms with Gasteiger partial charge in [-0.1, -0.05) is 17.7 Å². The largest absolute Gasteiger partial charge is 0.340 e. The molecule has 0 aliphatic heterocycles. The zero-order valence-electron chi connectivity index (χ0n) is 12.4. The van der Waals surface area contributed by atoms with Crippen LogP contribution in [0, 0.1) is 13.8 Å². The Balaban J connectivity index is 1.90. The summed E-state index contributed by atoms with van der Waals surface area (Å²) >= 11 is 6.72. The van der Waals surface area contributed by atoms with E-state index in [2.05, 4.69) is 54.0 Å². The number of amides is 1. The van der Waals surface area contributed by atoms with E-state index in [1.165, 1.54) is 20.9 Å². The van der Waals surface area contributed by atoms with Crippen LogP contribution in [0.5, 0.6) is 0 Å². The number of hydrogen-bond acceptors (Lipinski definition) is 3. The van der Waals surface area contributed by atoms with E-state index in [9.17, 15) is 4.79 Å². The second-order valence-corrected chi connectivity index (χ2v) is 7.97. The van der Waals surface area contributed by atoms with Crippen LogP contribution in [0.2, 0.25) is 0 Å². The summed E-state index contributed by atoms with van der Waals surface area (Å²) in [6.07, 6.45) is 0. The number of halogens is 1. The van der Waals surface area contributed by atoms with Crippen LogP contribution in [-0.2, 0) is 11.3 Å². The third kappa shape index (κ3) is 4.87. The lowest BCUT2D eigenvalue weighted by Gasteiger charge is -2.16. The molecular weight excluding hydrogens is 366 g/mol.